The number of pyridine rings is 1. The van der Waals surface area contributed by atoms with Crippen molar-refractivity contribution in [3.05, 3.63) is 22.8 Å². The summed E-state index contributed by atoms with van der Waals surface area (Å²) in [5.41, 5.74) is -0.723. The number of aromatic carboxylic acids is 1. The second kappa shape index (κ2) is 4.40. The smallest absolute Gasteiger partial charge is 0.337 e. The zero-order valence-electron chi connectivity index (χ0n) is 10.2. The highest BCUT2D eigenvalue weighted by Gasteiger charge is 2.39. The maximum absolute atomic E-state index is 10.8. The van der Waals surface area contributed by atoms with Gasteiger partial charge in [-0.05, 0) is 13.0 Å². The Bertz CT molecular complexity index is 490. The minimum atomic E-state index is -1.06. The molecule has 18 heavy (non-hydrogen) atoms. The average Bonchev–Trinajstić information content (AvgIpc) is 2.53. The van der Waals surface area contributed by atoms with E-state index < -0.39 is 11.6 Å². The summed E-state index contributed by atoms with van der Waals surface area (Å²) in [6.07, 6.45) is 1.28. The third-order valence-electron chi connectivity index (χ3n) is 3.44. The van der Waals surface area contributed by atoms with Gasteiger partial charge in [0, 0.05) is 25.2 Å². The van der Waals surface area contributed by atoms with Crippen molar-refractivity contribution < 1.29 is 15.0 Å². The molecular weight excluding hydrogens is 256 g/mol. The van der Waals surface area contributed by atoms with E-state index in [0.717, 1.165) is 0 Å². The predicted molar refractivity (Wildman–Crippen MR) is 68.2 cm³/mol. The van der Waals surface area contributed by atoms with Gasteiger partial charge in [-0.25, -0.2) is 9.78 Å². The van der Waals surface area contributed by atoms with Crippen molar-refractivity contribution in [2.24, 2.45) is 5.92 Å². The maximum Gasteiger partial charge on any atom is 0.337 e. The largest absolute Gasteiger partial charge is 0.478 e. The first kappa shape index (κ1) is 13.1. The van der Waals surface area contributed by atoms with Crippen molar-refractivity contribution in [1.82, 2.24) is 4.98 Å². The number of carbonyl (C=O) groups is 1. The van der Waals surface area contributed by atoms with Gasteiger partial charge in [-0.2, -0.15) is 0 Å². The number of halogens is 1. The van der Waals surface area contributed by atoms with Crippen LogP contribution in [0.25, 0.3) is 0 Å². The highest BCUT2D eigenvalue weighted by Crippen LogP contribution is 2.33. The van der Waals surface area contributed by atoms with Crippen LogP contribution in [0.3, 0.4) is 0 Å². The topological polar surface area (TPSA) is 73.7 Å². The Kier molecular flexibility index (Phi) is 3.21. The zero-order valence-corrected chi connectivity index (χ0v) is 11.0. The first-order valence-corrected chi connectivity index (χ1v) is 6.05. The van der Waals surface area contributed by atoms with E-state index in [1.165, 1.54) is 12.3 Å². The highest BCUT2D eigenvalue weighted by atomic mass is 35.5. The molecule has 1 aliphatic rings. The number of nitrogens with zero attached hydrogens (tertiary/aromatic N) is 2. The van der Waals surface area contributed by atoms with Crippen LogP contribution >= 0.6 is 11.6 Å². The molecule has 0 bridgehead atoms. The van der Waals surface area contributed by atoms with Crippen molar-refractivity contribution in [3.63, 3.8) is 0 Å². The monoisotopic (exact) mass is 270 g/mol. The lowest BCUT2D eigenvalue weighted by molar-refractivity contribution is 0.0443. The van der Waals surface area contributed by atoms with Crippen LogP contribution in [0.1, 0.15) is 24.2 Å². The van der Waals surface area contributed by atoms with Crippen molar-refractivity contribution in [3.8, 4) is 0 Å². The Morgan fingerprint density at radius 3 is 2.78 bits per heavy atom. The SMILES string of the molecule is CC1CN(c2ncc(C(=O)O)cc2Cl)CC1(C)O. The van der Waals surface area contributed by atoms with Gasteiger partial charge in [0.15, 0.2) is 0 Å². The molecule has 0 spiro atoms. The minimum absolute atomic E-state index is 0.0581. The fraction of sp³-hybridized carbons (Fsp3) is 0.500. The zero-order chi connectivity index (χ0) is 13.5. The summed E-state index contributed by atoms with van der Waals surface area (Å²) in [6, 6.07) is 1.38. The summed E-state index contributed by atoms with van der Waals surface area (Å²) >= 11 is 6.05. The van der Waals surface area contributed by atoms with Gasteiger partial charge in [-0.3, -0.25) is 0 Å². The van der Waals surface area contributed by atoms with E-state index >= 15 is 0 Å². The molecule has 2 rings (SSSR count). The van der Waals surface area contributed by atoms with Gasteiger partial charge < -0.3 is 15.1 Å². The second-order valence-electron chi connectivity index (χ2n) is 4.97. The van der Waals surface area contributed by atoms with E-state index in [1.807, 2.05) is 11.8 Å². The Morgan fingerprint density at radius 2 is 2.33 bits per heavy atom. The van der Waals surface area contributed by atoms with Crippen molar-refractivity contribution in [2.75, 3.05) is 18.0 Å². The molecule has 2 heterocycles. The molecule has 1 fully saturated rings. The Hall–Kier alpha value is -1.33. The van der Waals surface area contributed by atoms with Crippen LogP contribution in [-0.4, -0.2) is 39.9 Å². The van der Waals surface area contributed by atoms with Crippen LogP contribution in [0.5, 0.6) is 0 Å². The minimum Gasteiger partial charge on any atom is -0.478 e. The third-order valence-corrected chi connectivity index (χ3v) is 3.71. The predicted octanol–water partition coefficient (Wildman–Crippen LogP) is 1.64. The second-order valence-corrected chi connectivity index (χ2v) is 5.38. The van der Waals surface area contributed by atoms with E-state index in [-0.39, 0.29) is 11.5 Å². The first-order chi connectivity index (χ1) is 8.31. The molecule has 2 unspecified atom stereocenters. The maximum atomic E-state index is 10.8. The third kappa shape index (κ3) is 2.28. The van der Waals surface area contributed by atoms with Crippen LogP contribution in [-0.2, 0) is 0 Å². The van der Waals surface area contributed by atoms with Crippen molar-refractivity contribution in [2.45, 2.75) is 19.4 Å². The summed E-state index contributed by atoms with van der Waals surface area (Å²) in [5.74, 6) is -0.432. The lowest BCUT2D eigenvalue weighted by Crippen LogP contribution is -2.33. The van der Waals surface area contributed by atoms with Gasteiger partial charge in [-0.1, -0.05) is 18.5 Å². The highest BCUT2D eigenvalue weighted by molar-refractivity contribution is 6.33. The van der Waals surface area contributed by atoms with E-state index in [0.29, 0.717) is 23.9 Å². The van der Waals surface area contributed by atoms with Crippen LogP contribution in [0, 0.1) is 5.92 Å². The Morgan fingerprint density at radius 1 is 1.67 bits per heavy atom. The van der Waals surface area contributed by atoms with Crippen molar-refractivity contribution in [1.29, 1.82) is 0 Å². The van der Waals surface area contributed by atoms with Gasteiger partial charge in [-0.15, -0.1) is 0 Å². The van der Waals surface area contributed by atoms with Crippen LogP contribution in [0.4, 0.5) is 5.82 Å². The lowest BCUT2D eigenvalue weighted by Gasteiger charge is -2.21. The number of carboxylic acid groups (broad SMARTS) is 1. The molecule has 0 saturated carbocycles. The van der Waals surface area contributed by atoms with Gasteiger partial charge in [0.25, 0.3) is 0 Å². The molecule has 0 radical (unpaired) electrons. The standard InChI is InChI=1S/C12H15ClN2O3/c1-7-5-15(6-12(7,2)18)10-9(13)3-8(4-14-10)11(16)17/h3-4,7,18H,5-6H2,1-2H3,(H,16,17). The number of β-amino-alcohol motifs (C(OH)–C–C–N with tert-alkyl or cyclic N) is 1. The van der Waals surface area contributed by atoms with Crippen molar-refractivity contribution >= 4 is 23.4 Å². The summed E-state index contributed by atoms with van der Waals surface area (Å²) in [4.78, 5) is 16.7. The lowest BCUT2D eigenvalue weighted by atomic mass is 9.95. The fourth-order valence-corrected chi connectivity index (χ4v) is 2.36. The molecule has 0 amide bonds. The number of aromatic nitrogens is 1. The molecule has 1 aromatic rings. The molecule has 0 aromatic carbocycles. The average molecular weight is 271 g/mol. The molecule has 2 atom stereocenters. The molecular formula is C12H15ClN2O3. The molecule has 1 aromatic heterocycles. The van der Waals surface area contributed by atoms with Gasteiger partial charge in [0.1, 0.15) is 5.82 Å². The Labute approximate surface area is 110 Å². The fourth-order valence-electron chi connectivity index (χ4n) is 2.08. The van der Waals surface area contributed by atoms with E-state index in [9.17, 15) is 9.90 Å². The van der Waals surface area contributed by atoms with E-state index in [4.69, 9.17) is 16.7 Å². The number of rotatable bonds is 2. The molecule has 6 heteroatoms. The molecule has 0 aliphatic carbocycles. The molecule has 2 N–H and O–H groups in total. The summed E-state index contributed by atoms with van der Waals surface area (Å²) in [5, 5.41) is 19.3. The van der Waals surface area contributed by atoms with E-state index in [2.05, 4.69) is 4.98 Å². The quantitative estimate of drug-likeness (QED) is 0.855. The van der Waals surface area contributed by atoms with E-state index in [1.54, 1.807) is 6.92 Å². The number of carboxylic acids is 1. The van der Waals surface area contributed by atoms with Crippen LogP contribution in [0.15, 0.2) is 12.3 Å². The number of hydrogen-bond donors (Lipinski definition) is 2. The summed E-state index contributed by atoms with van der Waals surface area (Å²) < 4.78 is 0. The van der Waals surface area contributed by atoms with Gasteiger partial charge in [0.2, 0.25) is 0 Å². The number of aliphatic hydroxyl groups is 1. The molecule has 1 aliphatic heterocycles. The molecule has 5 nitrogen and oxygen atoms in total. The number of hydrogen-bond acceptors (Lipinski definition) is 4. The normalized spacial score (nSPS) is 27.6. The first-order valence-electron chi connectivity index (χ1n) is 5.67. The molecule has 98 valence electrons. The summed E-state index contributed by atoms with van der Waals surface area (Å²) in [6.45, 7) is 4.82. The summed E-state index contributed by atoms with van der Waals surface area (Å²) in [7, 11) is 0. The Balaban J connectivity index is 2.28. The van der Waals surface area contributed by atoms with Gasteiger partial charge >= 0.3 is 5.97 Å². The van der Waals surface area contributed by atoms with Crippen LogP contribution < -0.4 is 4.90 Å². The number of anilines is 1. The van der Waals surface area contributed by atoms with Crippen LogP contribution in [0.2, 0.25) is 5.02 Å². The van der Waals surface area contributed by atoms with Gasteiger partial charge in [0.05, 0.1) is 16.2 Å². The molecule has 1 saturated heterocycles.